The summed E-state index contributed by atoms with van der Waals surface area (Å²) in [6, 6.07) is 13.7. The van der Waals surface area contributed by atoms with E-state index in [4.69, 9.17) is 0 Å². The number of hydrogen-bond donors (Lipinski definition) is 1. The molecule has 1 N–H and O–H groups in total. The molecule has 2 heterocycles. The number of amides is 2. The Labute approximate surface area is 141 Å². The predicted molar refractivity (Wildman–Crippen MR) is 93.3 cm³/mol. The molecule has 2 amide bonds. The van der Waals surface area contributed by atoms with Gasteiger partial charge in [0.05, 0.1) is 17.6 Å². The van der Waals surface area contributed by atoms with E-state index in [0.717, 1.165) is 11.3 Å². The summed E-state index contributed by atoms with van der Waals surface area (Å²) in [5.74, 6) is 0.0384. The van der Waals surface area contributed by atoms with Crippen LogP contribution in [0.1, 0.15) is 19.8 Å². The van der Waals surface area contributed by atoms with Crippen LogP contribution < -0.4 is 5.32 Å². The zero-order valence-corrected chi connectivity index (χ0v) is 13.7. The summed E-state index contributed by atoms with van der Waals surface area (Å²) in [6.07, 6.45) is 3.10. The first-order chi connectivity index (χ1) is 11.6. The van der Waals surface area contributed by atoms with Gasteiger partial charge in [-0.1, -0.05) is 30.3 Å². The Kier molecular flexibility index (Phi) is 4.89. The maximum atomic E-state index is 12.4. The fourth-order valence-corrected chi connectivity index (χ4v) is 2.95. The molecule has 0 unspecified atom stereocenters. The van der Waals surface area contributed by atoms with Crippen LogP contribution in [0.5, 0.6) is 0 Å². The molecule has 0 radical (unpaired) electrons. The van der Waals surface area contributed by atoms with Crippen molar-refractivity contribution < 1.29 is 9.59 Å². The summed E-state index contributed by atoms with van der Waals surface area (Å²) < 4.78 is 0. The van der Waals surface area contributed by atoms with E-state index in [0.29, 0.717) is 31.6 Å². The van der Waals surface area contributed by atoms with E-state index in [1.807, 2.05) is 42.5 Å². The zero-order valence-electron chi connectivity index (χ0n) is 13.7. The Morgan fingerprint density at radius 2 is 1.79 bits per heavy atom. The Hall–Kier alpha value is -2.69. The Morgan fingerprint density at radius 1 is 1.08 bits per heavy atom. The van der Waals surface area contributed by atoms with Crippen LogP contribution >= 0.6 is 0 Å². The molecule has 1 aliphatic heterocycles. The van der Waals surface area contributed by atoms with Gasteiger partial charge in [-0.05, 0) is 25.0 Å². The van der Waals surface area contributed by atoms with Gasteiger partial charge in [0.1, 0.15) is 0 Å². The standard InChI is InChI=1S/C19H21N3O2/c1-14(23)22-11-9-16(10-12-22)19(24)21-17-7-8-18(20-13-17)15-5-3-2-4-6-15/h2-8,13,16H,9-12H2,1H3,(H,21,24). The van der Waals surface area contributed by atoms with Gasteiger partial charge in [0, 0.05) is 31.5 Å². The fraction of sp³-hybridized carbons (Fsp3) is 0.316. The first kappa shape index (κ1) is 16.2. The Morgan fingerprint density at radius 3 is 2.38 bits per heavy atom. The molecule has 0 bridgehead atoms. The highest BCUT2D eigenvalue weighted by molar-refractivity contribution is 5.92. The number of carbonyl (C=O) groups excluding carboxylic acids is 2. The Balaban J connectivity index is 1.58. The summed E-state index contributed by atoms with van der Waals surface area (Å²) in [4.78, 5) is 29.9. The minimum absolute atomic E-state index is 0.00691. The molecule has 3 rings (SSSR count). The van der Waals surface area contributed by atoms with Crippen molar-refractivity contribution in [1.29, 1.82) is 0 Å². The number of anilines is 1. The van der Waals surface area contributed by atoms with Crippen LogP contribution in [-0.4, -0.2) is 34.8 Å². The average molecular weight is 323 g/mol. The van der Waals surface area contributed by atoms with Gasteiger partial charge in [0.15, 0.2) is 0 Å². The SMILES string of the molecule is CC(=O)N1CCC(C(=O)Nc2ccc(-c3ccccc3)nc2)CC1. The van der Waals surface area contributed by atoms with Crippen molar-refractivity contribution in [2.24, 2.45) is 5.92 Å². The van der Waals surface area contributed by atoms with E-state index in [9.17, 15) is 9.59 Å². The molecule has 2 aromatic rings. The largest absolute Gasteiger partial charge is 0.343 e. The molecular formula is C19H21N3O2. The number of carbonyl (C=O) groups is 2. The lowest BCUT2D eigenvalue weighted by Crippen LogP contribution is -2.40. The van der Waals surface area contributed by atoms with Crippen LogP contribution in [-0.2, 0) is 9.59 Å². The predicted octanol–water partition coefficient (Wildman–Crippen LogP) is 2.95. The second-order valence-corrected chi connectivity index (χ2v) is 6.07. The summed E-state index contributed by atoms with van der Waals surface area (Å²) in [6.45, 7) is 2.87. The van der Waals surface area contributed by atoms with Crippen molar-refractivity contribution in [1.82, 2.24) is 9.88 Å². The third kappa shape index (κ3) is 3.79. The molecule has 5 heteroatoms. The van der Waals surface area contributed by atoms with Crippen LogP contribution in [0.25, 0.3) is 11.3 Å². The lowest BCUT2D eigenvalue weighted by atomic mass is 9.96. The van der Waals surface area contributed by atoms with Gasteiger partial charge in [0.25, 0.3) is 0 Å². The van der Waals surface area contributed by atoms with Crippen molar-refractivity contribution in [3.8, 4) is 11.3 Å². The lowest BCUT2D eigenvalue weighted by Gasteiger charge is -2.30. The quantitative estimate of drug-likeness (QED) is 0.944. The van der Waals surface area contributed by atoms with Gasteiger partial charge in [-0.2, -0.15) is 0 Å². The monoisotopic (exact) mass is 323 g/mol. The maximum Gasteiger partial charge on any atom is 0.227 e. The number of rotatable bonds is 3. The number of nitrogens with one attached hydrogen (secondary N) is 1. The number of aromatic nitrogens is 1. The van der Waals surface area contributed by atoms with Crippen molar-refractivity contribution in [2.45, 2.75) is 19.8 Å². The maximum absolute atomic E-state index is 12.4. The van der Waals surface area contributed by atoms with Crippen LogP contribution in [0.3, 0.4) is 0 Å². The molecule has 0 aliphatic carbocycles. The zero-order chi connectivity index (χ0) is 16.9. The van der Waals surface area contributed by atoms with Crippen molar-refractivity contribution in [3.63, 3.8) is 0 Å². The van der Waals surface area contributed by atoms with Crippen LogP contribution in [0.4, 0.5) is 5.69 Å². The number of nitrogens with zero attached hydrogens (tertiary/aromatic N) is 2. The molecule has 24 heavy (non-hydrogen) atoms. The molecule has 124 valence electrons. The lowest BCUT2D eigenvalue weighted by molar-refractivity contribution is -0.132. The van der Waals surface area contributed by atoms with Gasteiger partial charge in [-0.15, -0.1) is 0 Å². The summed E-state index contributed by atoms with van der Waals surface area (Å²) >= 11 is 0. The van der Waals surface area contributed by atoms with E-state index < -0.39 is 0 Å². The van der Waals surface area contributed by atoms with Gasteiger partial charge >= 0.3 is 0 Å². The van der Waals surface area contributed by atoms with Gasteiger partial charge < -0.3 is 10.2 Å². The molecule has 1 aliphatic rings. The first-order valence-corrected chi connectivity index (χ1v) is 8.21. The van der Waals surface area contributed by atoms with E-state index in [-0.39, 0.29) is 17.7 Å². The molecule has 0 spiro atoms. The molecule has 5 nitrogen and oxygen atoms in total. The highest BCUT2D eigenvalue weighted by Gasteiger charge is 2.26. The third-order valence-electron chi connectivity index (χ3n) is 4.41. The second kappa shape index (κ2) is 7.25. The molecule has 0 atom stereocenters. The normalized spacial score (nSPS) is 15.1. The van der Waals surface area contributed by atoms with Crippen molar-refractivity contribution >= 4 is 17.5 Å². The van der Waals surface area contributed by atoms with Crippen LogP contribution in [0.2, 0.25) is 0 Å². The molecule has 1 saturated heterocycles. The summed E-state index contributed by atoms with van der Waals surface area (Å²) in [7, 11) is 0. The number of piperidine rings is 1. The summed E-state index contributed by atoms with van der Waals surface area (Å²) in [5, 5.41) is 2.93. The molecule has 1 aromatic heterocycles. The number of hydrogen-bond acceptors (Lipinski definition) is 3. The van der Waals surface area contributed by atoms with Crippen molar-refractivity contribution in [2.75, 3.05) is 18.4 Å². The summed E-state index contributed by atoms with van der Waals surface area (Å²) in [5.41, 5.74) is 2.63. The molecular weight excluding hydrogens is 302 g/mol. The van der Waals surface area contributed by atoms with E-state index >= 15 is 0 Å². The highest BCUT2D eigenvalue weighted by atomic mass is 16.2. The fourth-order valence-electron chi connectivity index (χ4n) is 2.95. The van der Waals surface area contributed by atoms with Gasteiger partial charge in [-0.3, -0.25) is 14.6 Å². The molecule has 0 saturated carbocycles. The van der Waals surface area contributed by atoms with Crippen molar-refractivity contribution in [3.05, 3.63) is 48.7 Å². The second-order valence-electron chi connectivity index (χ2n) is 6.07. The minimum atomic E-state index is -0.0469. The highest BCUT2D eigenvalue weighted by Crippen LogP contribution is 2.21. The van der Waals surface area contributed by atoms with Gasteiger partial charge in [0.2, 0.25) is 11.8 Å². The average Bonchev–Trinajstić information content (AvgIpc) is 2.63. The van der Waals surface area contributed by atoms with E-state index in [1.54, 1.807) is 18.0 Å². The number of benzene rings is 1. The third-order valence-corrected chi connectivity index (χ3v) is 4.41. The Bertz CT molecular complexity index is 705. The molecule has 1 fully saturated rings. The van der Waals surface area contributed by atoms with E-state index in [1.165, 1.54) is 0 Å². The number of likely N-dealkylation sites (tertiary alicyclic amines) is 1. The first-order valence-electron chi connectivity index (χ1n) is 8.21. The van der Waals surface area contributed by atoms with Gasteiger partial charge in [-0.25, -0.2) is 0 Å². The van der Waals surface area contributed by atoms with Crippen LogP contribution in [0, 0.1) is 5.92 Å². The van der Waals surface area contributed by atoms with Crippen LogP contribution in [0.15, 0.2) is 48.7 Å². The molecule has 1 aromatic carbocycles. The smallest absolute Gasteiger partial charge is 0.227 e. The number of pyridine rings is 1. The minimum Gasteiger partial charge on any atom is -0.343 e. The van der Waals surface area contributed by atoms with E-state index in [2.05, 4.69) is 10.3 Å². The topological polar surface area (TPSA) is 62.3 Å².